The van der Waals surface area contributed by atoms with Gasteiger partial charge in [0, 0.05) is 13.3 Å². The highest BCUT2D eigenvalue weighted by Gasteiger charge is 2.45. The fourth-order valence-electron chi connectivity index (χ4n) is 2.78. The summed E-state index contributed by atoms with van der Waals surface area (Å²) >= 11 is 0. The third-order valence-corrected chi connectivity index (χ3v) is 3.84. The Labute approximate surface area is 129 Å². The van der Waals surface area contributed by atoms with Crippen molar-refractivity contribution in [2.75, 3.05) is 19.5 Å². The van der Waals surface area contributed by atoms with E-state index in [0.717, 1.165) is 0 Å². The number of fused-ring (bicyclic) bond motifs is 1. The predicted molar refractivity (Wildman–Crippen MR) is 78.8 cm³/mol. The molecule has 0 aromatic carbocycles. The van der Waals surface area contributed by atoms with Gasteiger partial charge < -0.3 is 30.0 Å². The SMILES string of the molecule is [C-]#[N+]c1cn([C@@H]2O[C@H](CO)[C@@H](O)[C@H]2OC)c2nc(N)[nH]c(=O)c12. The number of aromatic amines is 1. The van der Waals surface area contributed by atoms with Crippen LogP contribution in [0.3, 0.4) is 0 Å². The highest BCUT2D eigenvalue weighted by molar-refractivity contribution is 5.90. The second-order valence-electron chi connectivity index (χ2n) is 5.12. The van der Waals surface area contributed by atoms with Gasteiger partial charge >= 0.3 is 0 Å². The quantitative estimate of drug-likeness (QED) is 0.538. The number of H-pyrrole nitrogens is 1. The van der Waals surface area contributed by atoms with E-state index >= 15 is 0 Å². The van der Waals surface area contributed by atoms with Crippen molar-refractivity contribution in [3.63, 3.8) is 0 Å². The third kappa shape index (κ3) is 2.27. The summed E-state index contributed by atoms with van der Waals surface area (Å²) in [6.07, 6.45) is -2.19. The molecule has 0 unspecified atom stereocenters. The molecule has 1 fully saturated rings. The van der Waals surface area contributed by atoms with Crippen molar-refractivity contribution in [1.82, 2.24) is 14.5 Å². The van der Waals surface area contributed by atoms with E-state index in [1.54, 1.807) is 0 Å². The van der Waals surface area contributed by atoms with Crippen molar-refractivity contribution in [2.45, 2.75) is 24.5 Å². The highest BCUT2D eigenvalue weighted by atomic mass is 16.6. The molecule has 10 heteroatoms. The number of aliphatic hydroxyl groups excluding tert-OH is 2. The average molecular weight is 321 g/mol. The molecule has 0 aliphatic carbocycles. The average Bonchev–Trinajstić information content (AvgIpc) is 3.04. The molecule has 122 valence electrons. The van der Waals surface area contributed by atoms with E-state index in [4.69, 9.17) is 21.8 Å². The van der Waals surface area contributed by atoms with Gasteiger partial charge in [0.2, 0.25) is 11.6 Å². The molecule has 5 N–H and O–H groups in total. The van der Waals surface area contributed by atoms with Gasteiger partial charge in [-0.3, -0.25) is 9.78 Å². The van der Waals surface area contributed by atoms with Crippen LogP contribution in [0.25, 0.3) is 15.9 Å². The molecule has 0 bridgehead atoms. The van der Waals surface area contributed by atoms with E-state index in [9.17, 15) is 15.0 Å². The van der Waals surface area contributed by atoms with E-state index < -0.39 is 36.7 Å². The molecule has 4 atom stereocenters. The lowest BCUT2D eigenvalue weighted by molar-refractivity contribution is -0.0580. The number of aromatic nitrogens is 3. The van der Waals surface area contributed by atoms with Gasteiger partial charge in [0.15, 0.2) is 6.23 Å². The fourth-order valence-corrected chi connectivity index (χ4v) is 2.78. The molecule has 0 amide bonds. The molecule has 1 aliphatic rings. The summed E-state index contributed by atoms with van der Waals surface area (Å²) in [5, 5.41) is 19.5. The Kier molecular flexibility index (Phi) is 3.78. The maximum Gasteiger partial charge on any atom is 0.251 e. The van der Waals surface area contributed by atoms with Gasteiger partial charge in [0.05, 0.1) is 18.6 Å². The Morgan fingerprint density at radius 1 is 1.65 bits per heavy atom. The number of methoxy groups -OCH3 is 1. The summed E-state index contributed by atoms with van der Waals surface area (Å²) < 4.78 is 12.3. The maximum absolute atomic E-state index is 12.0. The van der Waals surface area contributed by atoms with Crippen LogP contribution in [0.1, 0.15) is 6.23 Å². The van der Waals surface area contributed by atoms with Gasteiger partial charge in [-0.2, -0.15) is 4.98 Å². The van der Waals surface area contributed by atoms with Crippen LogP contribution in [0.4, 0.5) is 11.6 Å². The monoisotopic (exact) mass is 321 g/mol. The number of anilines is 1. The van der Waals surface area contributed by atoms with Gasteiger partial charge in [0.25, 0.3) is 5.56 Å². The smallest absolute Gasteiger partial charge is 0.251 e. The molecule has 1 aliphatic heterocycles. The Bertz CT molecular complexity index is 838. The van der Waals surface area contributed by atoms with Crippen molar-refractivity contribution >= 4 is 22.7 Å². The minimum Gasteiger partial charge on any atom is -0.394 e. The standard InChI is InChI=1S/C13H15N5O5/c1-15-5-3-18(10-7(5)11(21)17-13(14)16-10)12-9(22-2)8(20)6(4-19)23-12/h3,6,8-9,12,19-20H,4H2,2H3,(H3,14,16,17,21)/t6-,8-,9-,12-/m1/s1. The van der Waals surface area contributed by atoms with Crippen molar-refractivity contribution in [2.24, 2.45) is 0 Å². The van der Waals surface area contributed by atoms with E-state index in [2.05, 4.69) is 14.8 Å². The summed E-state index contributed by atoms with van der Waals surface area (Å²) in [6, 6.07) is 0. The second-order valence-corrected chi connectivity index (χ2v) is 5.12. The van der Waals surface area contributed by atoms with Crippen LogP contribution < -0.4 is 11.3 Å². The zero-order chi connectivity index (χ0) is 16.7. The largest absolute Gasteiger partial charge is 0.394 e. The molecule has 0 saturated carbocycles. The first kappa shape index (κ1) is 15.4. The van der Waals surface area contributed by atoms with Crippen LogP contribution in [0.15, 0.2) is 11.0 Å². The molecule has 2 aromatic heterocycles. The van der Waals surface area contributed by atoms with Crippen molar-refractivity contribution in [3.05, 3.63) is 28.0 Å². The summed E-state index contributed by atoms with van der Waals surface area (Å²) in [4.78, 5) is 21.8. The Balaban J connectivity index is 2.21. The summed E-state index contributed by atoms with van der Waals surface area (Å²) in [5.74, 6) is -0.107. The van der Waals surface area contributed by atoms with Crippen LogP contribution in [0.2, 0.25) is 0 Å². The second kappa shape index (κ2) is 5.64. The Hall–Kier alpha value is -2.45. The lowest BCUT2D eigenvalue weighted by Gasteiger charge is -2.20. The number of hydrogen-bond donors (Lipinski definition) is 4. The topological polar surface area (TPSA) is 140 Å². The van der Waals surface area contributed by atoms with Crippen LogP contribution in [0, 0.1) is 6.57 Å². The molecule has 1 saturated heterocycles. The Morgan fingerprint density at radius 2 is 2.39 bits per heavy atom. The Morgan fingerprint density at radius 3 is 3.00 bits per heavy atom. The molecule has 0 radical (unpaired) electrons. The van der Waals surface area contributed by atoms with Crippen LogP contribution in [-0.2, 0) is 9.47 Å². The summed E-state index contributed by atoms with van der Waals surface area (Å²) in [5.41, 5.74) is 5.26. The number of hydrogen-bond acceptors (Lipinski definition) is 7. The fraction of sp³-hybridized carbons (Fsp3) is 0.462. The number of aliphatic hydroxyl groups is 2. The van der Waals surface area contributed by atoms with E-state index in [1.807, 2.05) is 0 Å². The maximum atomic E-state index is 12.0. The predicted octanol–water partition coefficient (Wildman–Crippen LogP) is -0.877. The van der Waals surface area contributed by atoms with Crippen molar-refractivity contribution in [3.8, 4) is 0 Å². The van der Waals surface area contributed by atoms with Gasteiger partial charge in [-0.05, 0) is 0 Å². The van der Waals surface area contributed by atoms with Gasteiger partial charge in [0.1, 0.15) is 24.0 Å². The summed E-state index contributed by atoms with van der Waals surface area (Å²) in [6.45, 7) is 6.81. The minimum absolute atomic E-state index is 0.0779. The molecule has 23 heavy (non-hydrogen) atoms. The number of nitrogens with two attached hydrogens (primary N) is 1. The van der Waals surface area contributed by atoms with Gasteiger partial charge in [-0.15, -0.1) is 0 Å². The molecule has 3 rings (SSSR count). The van der Waals surface area contributed by atoms with Crippen LogP contribution >= 0.6 is 0 Å². The molecule has 0 spiro atoms. The van der Waals surface area contributed by atoms with Gasteiger partial charge in [-0.25, -0.2) is 4.85 Å². The van der Waals surface area contributed by atoms with E-state index in [1.165, 1.54) is 17.9 Å². The van der Waals surface area contributed by atoms with E-state index in [0.29, 0.717) is 0 Å². The highest BCUT2D eigenvalue weighted by Crippen LogP contribution is 2.36. The number of ether oxygens (including phenoxy) is 2. The first-order valence-electron chi connectivity index (χ1n) is 6.76. The first-order chi connectivity index (χ1) is 11.0. The molecular weight excluding hydrogens is 306 g/mol. The molecule has 10 nitrogen and oxygen atoms in total. The molecular formula is C13H15N5O5. The minimum atomic E-state index is -1.07. The van der Waals surface area contributed by atoms with Crippen molar-refractivity contribution in [1.29, 1.82) is 0 Å². The zero-order valence-electron chi connectivity index (χ0n) is 12.1. The van der Waals surface area contributed by atoms with Crippen molar-refractivity contribution < 1.29 is 19.7 Å². The first-order valence-corrected chi connectivity index (χ1v) is 6.76. The zero-order valence-corrected chi connectivity index (χ0v) is 12.1. The van der Waals surface area contributed by atoms with Crippen LogP contribution in [0.5, 0.6) is 0 Å². The summed E-state index contributed by atoms with van der Waals surface area (Å²) in [7, 11) is 1.39. The van der Waals surface area contributed by atoms with E-state index in [-0.39, 0.29) is 22.7 Å². The number of nitrogen functional groups attached to an aromatic ring is 1. The number of nitrogens with zero attached hydrogens (tertiary/aromatic N) is 3. The molecule has 3 heterocycles. The number of nitrogens with one attached hydrogen (secondary N) is 1. The van der Waals surface area contributed by atoms with Crippen LogP contribution in [-0.4, -0.2) is 56.8 Å². The lowest BCUT2D eigenvalue weighted by atomic mass is 10.1. The number of rotatable bonds is 3. The van der Waals surface area contributed by atoms with Gasteiger partial charge in [-0.1, -0.05) is 0 Å². The normalized spacial score (nSPS) is 27.4. The third-order valence-electron chi connectivity index (χ3n) is 3.84. The molecule has 2 aromatic rings. The lowest BCUT2D eigenvalue weighted by Crippen LogP contribution is -2.34.